The van der Waals surface area contributed by atoms with Crippen LogP contribution in [-0.4, -0.2) is 27.6 Å². The Bertz CT molecular complexity index is 1190. The summed E-state index contributed by atoms with van der Waals surface area (Å²) in [6.07, 6.45) is 3.42. The summed E-state index contributed by atoms with van der Waals surface area (Å²) >= 11 is 0. The Labute approximate surface area is 185 Å². The third-order valence-electron chi connectivity index (χ3n) is 4.89. The summed E-state index contributed by atoms with van der Waals surface area (Å²) in [6.45, 7) is 5.49. The molecular formula is C25H27FN2O4. The summed E-state index contributed by atoms with van der Waals surface area (Å²) in [7, 11) is 0. The molecule has 0 unspecified atom stereocenters. The van der Waals surface area contributed by atoms with Gasteiger partial charge in [-0.15, -0.1) is 0 Å². The Hall–Kier alpha value is -3.48. The molecule has 0 radical (unpaired) electrons. The number of esters is 1. The molecule has 1 aromatic heterocycles. The van der Waals surface area contributed by atoms with Crippen LogP contribution >= 0.6 is 0 Å². The van der Waals surface area contributed by atoms with Crippen LogP contribution in [0.4, 0.5) is 4.39 Å². The highest BCUT2D eigenvalue weighted by atomic mass is 19.1. The third-order valence-corrected chi connectivity index (χ3v) is 4.89. The van der Waals surface area contributed by atoms with E-state index in [0.717, 1.165) is 5.69 Å². The second-order valence-electron chi connectivity index (χ2n) is 8.64. The predicted octanol–water partition coefficient (Wildman–Crippen LogP) is 4.99. The van der Waals surface area contributed by atoms with E-state index in [9.17, 15) is 14.0 Å². The molecule has 6 nitrogen and oxygen atoms in total. The molecule has 3 aromatic rings. The Morgan fingerprint density at radius 2 is 1.84 bits per heavy atom. The topological polar surface area (TPSA) is 80.9 Å². The van der Waals surface area contributed by atoms with Gasteiger partial charge >= 0.3 is 5.97 Å². The number of halogens is 1. The molecule has 2 aromatic carbocycles. The number of hydrogen-bond acceptors (Lipinski definition) is 5. The van der Waals surface area contributed by atoms with E-state index in [2.05, 4.69) is 5.16 Å². The fourth-order valence-corrected chi connectivity index (χ4v) is 3.56. The third kappa shape index (κ3) is 5.81. The van der Waals surface area contributed by atoms with E-state index in [1.807, 2.05) is 26.8 Å². The molecule has 0 saturated heterocycles. The van der Waals surface area contributed by atoms with Crippen molar-refractivity contribution in [2.24, 2.45) is 5.16 Å². The van der Waals surface area contributed by atoms with E-state index in [0.29, 0.717) is 47.7 Å². The largest absolute Gasteiger partial charge is 0.460 e. The fraction of sp³-hybridized carbons (Fsp3) is 0.320. The van der Waals surface area contributed by atoms with E-state index in [1.54, 1.807) is 34.9 Å². The number of oxime groups is 1. The van der Waals surface area contributed by atoms with Crippen LogP contribution in [0.2, 0.25) is 0 Å². The number of benzene rings is 2. The molecule has 0 aliphatic heterocycles. The highest BCUT2D eigenvalue weighted by molar-refractivity contribution is 5.90. The lowest BCUT2D eigenvalue weighted by Crippen LogP contribution is -2.24. The van der Waals surface area contributed by atoms with Crippen molar-refractivity contribution in [3.8, 4) is 5.69 Å². The molecule has 0 saturated carbocycles. The maximum Gasteiger partial charge on any atom is 0.306 e. The van der Waals surface area contributed by atoms with Crippen molar-refractivity contribution in [3.05, 3.63) is 76.0 Å². The zero-order valence-corrected chi connectivity index (χ0v) is 18.5. The van der Waals surface area contributed by atoms with Crippen molar-refractivity contribution in [2.75, 3.05) is 0 Å². The first-order valence-electron chi connectivity index (χ1n) is 10.5. The monoisotopic (exact) mass is 438 g/mol. The Kier molecular flexibility index (Phi) is 7.08. The van der Waals surface area contributed by atoms with Gasteiger partial charge in [-0.3, -0.25) is 14.2 Å². The lowest BCUT2D eigenvalue weighted by molar-refractivity contribution is -0.154. The van der Waals surface area contributed by atoms with Gasteiger partial charge in [0.25, 0.3) is 5.56 Å². The molecule has 3 rings (SSSR count). The summed E-state index contributed by atoms with van der Waals surface area (Å²) in [4.78, 5) is 25.3. The van der Waals surface area contributed by atoms with Gasteiger partial charge in [0.15, 0.2) is 0 Å². The summed E-state index contributed by atoms with van der Waals surface area (Å²) < 4.78 is 20.4. The van der Waals surface area contributed by atoms with Crippen LogP contribution in [0, 0.1) is 5.82 Å². The van der Waals surface area contributed by atoms with Crippen LogP contribution in [-0.2, 0) is 16.0 Å². The fourth-order valence-electron chi connectivity index (χ4n) is 3.56. The van der Waals surface area contributed by atoms with Gasteiger partial charge < -0.3 is 9.94 Å². The lowest BCUT2D eigenvalue weighted by Gasteiger charge is -2.19. The number of carbonyl (C=O) groups excluding carboxylic acids is 1. The Morgan fingerprint density at radius 3 is 2.50 bits per heavy atom. The van der Waals surface area contributed by atoms with E-state index in [-0.39, 0.29) is 17.3 Å². The van der Waals surface area contributed by atoms with Gasteiger partial charge in [-0.05, 0) is 93.4 Å². The maximum absolute atomic E-state index is 13.5. The van der Waals surface area contributed by atoms with Gasteiger partial charge in [0.1, 0.15) is 11.4 Å². The van der Waals surface area contributed by atoms with E-state index in [4.69, 9.17) is 9.94 Å². The zero-order chi connectivity index (χ0) is 23.3. The van der Waals surface area contributed by atoms with Gasteiger partial charge in [0.05, 0.1) is 6.21 Å². The minimum atomic E-state index is -0.520. The van der Waals surface area contributed by atoms with Gasteiger partial charge in [-0.2, -0.15) is 0 Å². The first-order chi connectivity index (χ1) is 15.2. The first-order valence-corrected chi connectivity index (χ1v) is 10.5. The van der Waals surface area contributed by atoms with Crippen molar-refractivity contribution in [2.45, 2.75) is 52.1 Å². The highest BCUT2D eigenvalue weighted by Gasteiger charge is 2.16. The number of aromatic nitrogens is 1. The summed E-state index contributed by atoms with van der Waals surface area (Å²) in [5.41, 5.74) is 1.24. The number of hydrogen-bond donors (Lipinski definition) is 1. The number of fused-ring (bicyclic) bond motifs is 1. The van der Waals surface area contributed by atoms with Crippen molar-refractivity contribution in [1.29, 1.82) is 0 Å². The molecule has 1 N–H and O–H groups in total. The number of aryl methyl sites for hydroxylation is 1. The Morgan fingerprint density at radius 1 is 1.12 bits per heavy atom. The van der Waals surface area contributed by atoms with E-state index >= 15 is 0 Å². The van der Waals surface area contributed by atoms with Crippen molar-refractivity contribution < 1.29 is 19.1 Å². The quantitative estimate of drug-likeness (QED) is 0.185. The Balaban J connectivity index is 1.92. The van der Waals surface area contributed by atoms with Crippen LogP contribution in [0.3, 0.4) is 0 Å². The molecule has 0 amide bonds. The van der Waals surface area contributed by atoms with E-state index < -0.39 is 5.60 Å². The lowest BCUT2D eigenvalue weighted by atomic mass is 10.0. The molecule has 168 valence electrons. The average molecular weight is 438 g/mol. The molecule has 0 atom stereocenters. The van der Waals surface area contributed by atoms with Crippen molar-refractivity contribution in [3.63, 3.8) is 0 Å². The van der Waals surface area contributed by atoms with Crippen molar-refractivity contribution in [1.82, 2.24) is 4.57 Å². The van der Waals surface area contributed by atoms with Crippen LogP contribution < -0.4 is 5.56 Å². The second-order valence-corrected chi connectivity index (χ2v) is 8.64. The minimum absolute atomic E-state index is 0.219. The number of rotatable bonds is 7. The summed E-state index contributed by atoms with van der Waals surface area (Å²) in [5.74, 6) is -0.630. The smallest absolute Gasteiger partial charge is 0.306 e. The van der Waals surface area contributed by atoms with E-state index in [1.165, 1.54) is 18.3 Å². The zero-order valence-electron chi connectivity index (χ0n) is 18.5. The molecule has 32 heavy (non-hydrogen) atoms. The van der Waals surface area contributed by atoms with Gasteiger partial charge in [0, 0.05) is 23.2 Å². The van der Waals surface area contributed by atoms with Gasteiger partial charge in [0.2, 0.25) is 0 Å². The van der Waals surface area contributed by atoms with Gasteiger partial charge in [-0.1, -0.05) is 11.2 Å². The number of unbranched alkanes of at least 4 members (excludes halogenated alkanes) is 1. The SMILES string of the molecule is CC(C)(C)OC(=O)CCCCc1cc2cc(C=NO)ccc2c(=O)n1-c1ccc(F)cc1. The van der Waals surface area contributed by atoms with Crippen molar-refractivity contribution >= 4 is 23.0 Å². The average Bonchev–Trinajstić information content (AvgIpc) is 2.71. The number of carbonyl (C=O) groups is 1. The molecule has 0 aliphatic carbocycles. The van der Waals surface area contributed by atoms with Crippen LogP contribution in [0.25, 0.3) is 16.5 Å². The standard InChI is InChI=1S/C25H27FN2O4/c1-25(2,3)32-23(29)7-5-4-6-21-15-18-14-17(16-27-31)8-13-22(18)24(30)28(21)20-11-9-19(26)10-12-20/h8-16,31H,4-7H2,1-3H3. The second kappa shape index (κ2) is 9.77. The normalized spacial score (nSPS) is 11.9. The summed E-state index contributed by atoms with van der Waals surface area (Å²) in [5, 5.41) is 13.1. The maximum atomic E-state index is 13.5. The first kappa shape index (κ1) is 23.2. The molecule has 1 heterocycles. The predicted molar refractivity (Wildman–Crippen MR) is 122 cm³/mol. The number of pyridine rings is 1. The van der Waals surface area contributed by atoms with Crippen LogP contribution in [0.15, 0.2) is 58.5 Å². The summed E-state index contributed by atoms with van der Waals surface area (Å²) in [6, 6.07) is 12.8. The molecule has 0 aliphatic rings. The number of ether oxygens (including phenoxy) is 1. The van der Waals surface area contributed by atoms with Crippen LogP contribution in [0.1, 0.15) is 51.3 Å². The molecule has 0 spiro atoms. The molecule has 0 bridgehead atoms. The number of nitrogens with zero attached hydrogens (tertiary/aromatic N) is 2. The molecular weight excluding hydrogens is 411 g/mol. The van der Waals surface area contributed by atoms with Crippen LogP contribution in [0.5, 0.6) is 0 Å². The molecule has 7 heteroatoms. The minimum Gasteiger partial charge on any atom is -0.460 e. The highest BCUT2D eigenvalue weighted by Crippen LogP contribution is 2.20. The van der Waals surface area contributed by atoms with Gasteiger partial charge in [-0.25, -0.2) is 4.39 Å². The molecule has 0 fully saturated rings.